The number of aromatic nitrogens is 3. The average Bonchev–Trinajstić information content (AvgIpc) is 2.94. The summed E-state index contributed by atoms with van der Waals surface area (Å²) in [5.41, 5.74) is 0.863. The van der Waals surface area contributed by atoms with Crippen LogP contribution in [-0.2, 0) is 4.74 Å². The fourth-order valence-electron chi connectivity index (χ4n) is 2.37. The highest BCUT2D eigenvalue weighted by Gasteiger charge is 2.24. The highest BCUT2D eigenvalue weighted by molar-refractivity contribution is 6.29. The first-order valence-electron chi connectivity index (χ1n) is 7.05. The maximum atomic E-state index is 13.4. The fraction of sp³-hybridized carbons (Fsp3) is 0.188. The summed E-state index contributed by atoms with van der Waals surface area (Å²) in [5.74, 6) is -0.723. The lowest BCUT2D eigenvalue weighted by molar-refractivity contribution is 0.0233. The molecule has 124 valence electrons. The Kier molecular flexibility index (Phi) is 4.44. The largest absolute Gasteiger partial charge is 0.451 e. The minimum absolute atomic E-state index is 0.0281. The van der Waals surface area contributed by atoms with E-state index in [4.69, 9.17) is 16.3 Å². The van der Waals surface area contributed by atoms with Crippen molar-refractivity contribution in [2.75, 3.05) is 0 Å². The minimum Gasteiger partial charge on any atom is -0.451 e. The number of fused-ring (bicyclic) bond motifs is 1. The topological polar surface area (TPSA) is 57.0 Å². The monoisotopic (exact) mass is 351 g/mol. The third-order valence-corrected chi connectivity index (χ3v) is 3.63. The maximum absolute atomic E-state index is 13.4. The number of halogens is 3. The van der Waals surface area contributed by atoms with Crippen molar-refractivity contribution in [1.82, 2.24) is 14.5 Å². The molecular formula is C16H12ClF2N3O2. The SMILES string of the molecule is CC(OC(=O)c1ccnc(Cl)c1)c1nc2ccccc2n1C(F)F. The van der Waals surface area contributed by atoms with Crippen LogP contribution in [0.15, 0.2) is 42.6 Å². The summed E-state index contributed by atoms with van der Waals surface area (Å²) in [4.78, 5) is 20.1. The van der Waals surface area contributed by atoms with E-state index in [9.17, 15) is 13.6 Å². The number of hydrogen-bond acceptors (Lipinski definition) is 4. The molecule has 0 amide bonds. The van der Waals surface area contributed by atoms with Crippen molar-refractivity contribution >= 4 is 28.6 Å². The molecule has 3 rings (SSSR count). The number of esters is 1. The summed E-state index contributed by atoms with van der Waals surface area (Å²) in [5, 5.41) is 0.136. The maximum Gasteiger partial charge on any atom is 0.339 e. The molecule has 0 aliphatic carbocycles. The summed E-state index contributed by atoms with van der Waals surface area (Å²) >= 11 is 5.73. The molecule has 1 unspecified atom stereocenters. The van der Waals surface area contributed by atoms with Gasteiger partial charge in [-0.3, -0.25) is 4.57 Å². The Morgan fingerprint density at radius 3 is 2.75 bits per heavy atom. The standard InChI is InChI=1S/C16H12ClF2N3O2/c1-9(24-15(23)10-6-7-20-13(17)8-10)14-21-11-4-2-3-5-12(11)22(14)16(18)19/h2-9,16H,1H3. The number of carbonyl (C=O) groups is 1. The number of carbonyl (C=O) groups excluding carboxylic acids is 1. The number of rotatable bonds is 4. The summed E-state index contributed by atoms with van der Waals surface area (Å²) in [7, 11) is 0. The van der Waals surface area contributed by atoms with Gasteiger partial charge in [0.05, 0.1) is 16.6 Å². The van der Waals surface area contributed by atoms with E-state index in [1.54, 1.807) is 18.2 Å². The zero-order valence-electron chi connectivity index (χ0n) is 12.5. The number of hydrogen-bond donors (Lipinski definition) is 0. The van der Waals surface area contributed by atoms with Crippen molar-refractivity contribution in [3.05, 3.63) is 59.1 Å². The molecule has 0 aliphatic heterocycles. The van der Waals surface area contributed by atoms with Crippen molar-refractivity contribution < 1.29 is 18.3 Å². The van der Waals surface area contributed by atoms with Gasteiger partial charge in [-0.15, -0.1) is 0 Å². The van der Waals surface area contributed by atoms with Crippen molar-refractivity contribution in [3.63, 3.8) is 0 Å². The van der Waals surface area contributed by atoms with Crippen LogP contribution in [0.3, 0.4) is 0 Å². The lowest BCUT2D eigenvalue weighted by Gasteiger charge is -2.15. The molecule has 0 radical (unpaired) electrons. The Bertz CT molecular complexity index is 898. The van der Waals surface area contributed by atoms with Gasteiger partial charge in [-0.2, -0.15) is 8.78 Å². The van der Waals surface area contributed by atoms with Crippen LogP contribution in [0.25, 0.3) is 11.0 Å². The van der Waals surface area contributed by atoms with E-state index < -0.39 is 18.6 Å². The summed E-state index contributed by atoms with van der Waals surface area (Å²) in [6.45, 7) is -1.32. The molecule has 1 aromatic carbocycles. The van der Waals surface area contributed by atoms with Gasteiger partial charge in [0.1, 0.15) is 5.15 Å². The van der Waals surface area contributed by atoms with Crippen LogP contribution < -0.4 is 0 Å². The second-order valence-corrected chi connectivity index (χ2v) is 5.41. The number of benzene rings is 1. The van der Waals surface area contributed by atoms with Gasteiger partial charge in [0.2, 0.25) is 0 Å². The Morgan fingerprint density at radius 2 is 2.04 bits per heavy atom. The van der Waals surface area contributed by atoms with Crippen LogP contribution in [0.5, 0.6) is 0 Å². The molecule has 0 bridgehead atoms. The molecule has 0 spiro atoms. The molecule has 2 aromatic heterocycles. The van der Waals surface area contributed by atoms with Gasteiger partial charge in [-0.1, -0.05) is 23.7 Å². The number of para-hydroxylation sites is 2. The van der Waals surface area contributed by atoms with Crippen molar-refractivity contribution in [2.24, 2.45) is 0 Å². The summed E-state index contributed by atoms with van der Waals surface area (Å²) < 4.78 is 32.9. The number of alkyl halides is 2. The fourth-order valence-corrected chi connectivity index (χ4v) is 2.54. The van der Waals surface area contributed by atoms with Crippen LogP contribution in [-0.4, -0.2) is 20.5 Å². The van der Waals surface area contributed by atoms with Gasteiger partial charge in [-0.25, -0.2) is 14.8 Å². The molecule has 2 heterocycles. The second kappa shape index (κ2) is 6.52. The van der Waals surface area contributed by atoms with Crippen LogP contribution >= 0.6 is 11.6 Å². The molecule has 0 aliphatic rings. The van der Waals surface area contributed by atoms with E-state index in [1.807, 2.05) is 0 Å². The normalized spacial score (nSPS) is 12.5. The zero-order chi connectivity index (χ0) is 17.3. The second-order valence-electron chi connectivity index (χ2n) is 5.02. The van der Waals surface area contributed by atoms with E-state index >= 15 is 0 Å². The van der Waals surface area contributed by atoms with Gasteiger partial charge >= 0.3 is 12.5 Å². The number of nitrogens with zero attached hydrogens (tertiary/aromatic N) is 3. The van der Waals surface area contributed by atoms with E-state index in [-0.39, 0.29) is 22.1 Å². The molecular weight excluding hydrogens is 340 g/mol. The molecule has 8 heteroatoms. The Morgan fingerprint density at radius 1 is 1.29 bits per heavy atom. The van der Waals surface area contributed by atoms with Crippen LogP contribution in [0.4, 0.5) is 8.78 Å². The first-order valence-corrected chi connectivity index (χ1v) is 7.42. The van der Waals surface area contributed by atoms with Gasteiger partial charge in [0.15, 0.2) is 11.9 Å². The van der Waals surface area contributed by atoms with Gasteiger partial charge in [-0.05, 0) is 31.2 Å². The first-order chi connectivity index (χ1) is 11.5. The third-order valence-electron chi connectivity index (χ3n) is 3.43. The number of ether oxygens (including phenoxy) is 1. The molecule has 1 atom stereocenters. The van der Waals surface area contributed by atoms with E-state index in [1.165, 1.54) is 31.3 Å². The first kappa shape index (κ1) is 16.3. The molecule has 0 N–H and O–H groups in total. The summed E-state index contributed by atoms with van der Waals surface area (Å²) in [6, 6.07) is 9.26. The zero-order valence-corrected chi connectivity index (χ0v) is 13.2. The highest BCUT2D eigenvalue weighted by atomic mass is 35.5. The Balaban J connectivity index is 1.92. The van der Waals surface area contributed by atoms with E-state index in [0.29, 0.717) is 5.52 Å². The molecule has 5 nitrogen and oxygen atoms in total. The smallest absolute Gasteiger partial charge is 0.339 e. The minimum atomic E-state index is -2.80. The molecule has 3 aromatic rings. The van der Waals surface area contributed by atoms with Crippen molar-refractivity contribution in [3.8, 4) is 0 Å². The molecule has 0 fully saturated rings. The lowest BCUT2D eigenvalue weighted by atomic mass is 10.3. The van der Waals surface area contributed by atoms with Crippen LogP contribution in [0.1, 0.15) is 35.8 Å². The van der Waals surface area contributed by atoms with Gasteiger partial charge in [0.25, 0.3) is 0 Å². The van der Waals surface area contributed by atoms with Gasteiger partial charge < -0.3 is 4.74 Å². The number of pyridine rings is 1. The van der Waals surface area contributed by atoms with Crippen molar-refractivity contribution in [2.45, 2.75) is 19.6 Å². The predicted molar refractivity (Wildman–Crippen MR) is 84.1 cm³/mol. The predicted octanol–water partition coefficient (Wildman–Crippen LogP) is 4.40. The number of imidazole rings is 1. The molecule has 0 saturated heterocycles. The summed E-state index contributed by atoms with van der Waals surface area (Å²) in [6.07, 6.45) is 0.392. The average molecular weight is 352 g/mol. The highest BCUT2D eigenvalue weighted by Crippen LogP contribution is 2.28. The third kappa shape index (κ3) is 3.07. The molecule has 24 heavy (non-hydrogen) atoms. The lowest BCUT2D eigenvalue weighted by Crippen LogP contribution is -2.14. The van der Waals surface area contributed by atoms with Crippen LogP contribution in [0.2, 0.25) is 5.15 Å². The Labute approximate surface area is 140 Å². The molecule has 0 saturated carbocycles. The Hall–Kier alpha value is -2.54. The van der Waals surface area contributed by atoms with Crippen LogP contribution in [0, 0.1) is 0 Å². The van der Waals surface area contributed by atoms with Gasteiger partial charge in [0, 0.05) is 6.20 Å². The van der Waals surface area contributed by atoms with E-state index in [0.717, 1.165) is 4.57 Å². The quantitative estimate of drug-likeness (QED) is 0.516. The van der Waals surface area contributed by atoms with E-state index in [2.05, 4.69) is 9.97 Å². The van der Waals surface area contributed by atoms with Crippen molar-refractivity contribution in [1.29, 1.82) is 0 Å².